The van der Waals surface area contributed by atoms with E-state index in [1.165, 1.54) is 12.1 Å². The maximum Gasteiger partial charge on any atom is 0.339 e. The Balaban J connectivity index is 1.62. The number of hydrogen-bond acceptors (Lipinski definition) is 4. The van der Waals surface area contributed by atoms with Crippen molar-refractivity contribution in [3.63, 3.8) is 0 Å². The second-order valence-electron chi connectivity index (χ2n) is 7.74. The highest BCUT2D eigenvalue weighted by atomic mass is 19.1. The Bertz CT molecular complexity index is 1390. The van der Waals surface area contributed by atoms with Crippen molar-refractivity contribution < 1.29 is 18.7 Å². The smallest absolute Gasteiger partial charge is 0.339 e. The number of esters is 1. The van der Waals surface area contributed by atoms with Gasteiger partial charge in [0.2, 0.25) is 0 Å². The van der Waals surface area contributed by atoms with Crippen LogP contribution < -0.4 is 11.1 Å². The molecule has 0 heterocycles. The van der Waals surface area contributed by atoms with Gasteiger partial charge in [-0.15, -0.1) is 0 Å². The van der Waals surface area contributed by atoms with Gasteiger partial charge in [-0.25, -0.2) is 9.18 Å². The van der Waals surface area contributed by atoms with Crippen molar-refractivity contribution in [2.24, 2.45) is 5.73 Å². The van der Waals surface area contributed by atoms with E-state index in [9.17, 15) is 14.0 Å². The molecule has 0 bridgehead atoms. The summed E-state index contributed by atoms with van der Waals surface area (Å²) in [7, 11) is 0. The number of carbonyl (C=O) groups is 2. The van der Waals surface area contributed by atoms with Gasteiger partial charge in [-0.1, -0.05) is 54.6 Å². The molecular weight excluding hydrogens is 445 g/mol. The van der Waals surface area contributed by atoms with Crippen LogP contribution in [0.5, 0.6) is 0 Å². The molecule has 0 unspecified atom stereocenters. The molecular formula is C28H22FN3O3. The minimum Gasteiger partial charge on any atom is -0.457 e. The summed E-state index contributed by atoms with van der Waals surface area (Å²) in [5.41, 5.74) is 8.47. The monoisotopic (exact) mass is 467 g/mol. The number of nitrogen functional groups attached to an aromatic ring is 1. The first kappa shape index (κ1) is 23.4. The Kier molecular flexibility index (Phi) is 6.97. The third-order valence-corrected chi connectivity index (χ3v) is 5.33. The highest BCUT2D eigenvalue weighted by molar-refractivity contribution is 6.10. The van der Waals surface area contributed by atoms with Crippen LogP contribution in [-0.4, -0.2) is 17.7 Å². The van der Waals surface area contributed by atoms with Crippen LogP contribution in [0.1, 0.15) is 31.8 Å². The highest BCUT2D eigenvalue weighted by Crippen LogP contribution is 2.29. The number of nitrogens with one attached hydrogen (secondary N) is 2. The summed E-state index contributed by atoms with van der Waals surface area (Å²) in [6, 6.07) is 26.3. The summed E-state index contributed by atoms with van der Waals surface area (Å²) in [4.78, 5) is 26.0. The van der Waals surface area contributed by atoms with Crippen molar-refractivity contribution in [3.05, 3.63) is 125 Å². The fourth-order valence-corrected chi connectivity index (χ4v) is 3.57. The average molecular weight is 468 g/mol. The van der Waals surface area contributed by atoms with E-state index in [4.69, 9.17) is 15.9 Å². The third kappa shape index (κ3) is 5.59. The average Bonchev–Trinajstić information content (AvgIpc) is 2.88. The maximum absolute atomic E-state index is 14.1. The number of hydrogen-bond donors (Lipinski definition) is 3. The van der Waals surface area contributed by atoms with Crippen LogP contribution in [0.3, 0.4) is 0 Å². The van der Waals surface area contributed by atoms with Crippen LogP contribution in [-0.2, 0) is 11.3 Å². The quantitative estimate of drug-likeness (QED) is 0.193. The molecule has 4 N–H and O–H groups in total. The number of amides is 1. The Hall–Kier alpha value is -4.78. The molecule has 0 aliphatic carbocycles. The minimum absolute atomic E-state index is 0.0204. The Morgan fingerprint density at radius 3 is 2.20 bits per heavy atom. The number of amidine groups is 1. The zero-order valence-corrected chi connectivity index (χ0v) is 18.6. The van der Waals surface area contributed by atoms with Crippen LogP contribution >= 0.6 is 0 Å². The highest BCUT2D eigenvalue weighted by Gasteiger charge is 2.20. The Morgan fingerprint density at radius 1 is 0.829 bits per heavy atom. The Labute approximate surface area is 201 Å². The first-order valence-electron chi connectivity index (χ1n) is 10.8. The van der Waals surface area contributed by atoms with Crippen LogP contribution in [0, 0.1) is 11.2 Å². The van der Waals surface area contributed by atoms with Gasteiger partial charge in [0, 0.05) is 16.8 Å². The molecule has 174 valence electrons. The first-order chi connectivity index (χ1) is 16.9. The van der Waals surface area contributed by atoms with E-state index in [2.05, 4.69) is 5.32 Å². The van der Waals surface area contributed by atoms with Crippen molar-refractivity contribution >= 4 is 23.4 Å². The summed E-state index contributed by atoms with van der Waals surface area (Å²) < 4.78 is 19.5. The van der Waals surface area contributed by atoms with Gasteiger partial charge < -0.3 is 15.8 Å². The van der Waals surface area contributed by atoms with Crippen molar-refractivity contribution in [1.82, 2.24) is 0 Å². The van der Waals surface area contributed by atoms with Crippen molar-refractivity contribution in [3.8, 4) is 11.1 Å². The summed E-state index contributed by atoms with van der Waals surface area (Å²) in [6.07, 6.45) is 0. The summed E-state index contributed by atoms with van der Waals surface area (Å²) >= 11 is 0. The van der Waals surface area contributed by atoms with Crippen LogP contribution in [0.4, 0.5) is 10.1 Å². The van der Waals surface area contributed by atoms with Gasteiger partial charge in [-0.2, -0.15) is 0 Å². The molecule has 4 rings (SSSR count). The molecule has 35 heavy (non-hydrogen) atoms. The lowest BCUT2D eigenvalue weighted by Gasteiger charge is -2.14. The summed E-state index contributed by atoms with van der Waals surface area (Å²) in [5.74, 6) is -1.77. The van der Waals surface area contributed by atoms with Gasteiger partial charge >= 0.3 is 5.97 Å². The molecule has 0 fully saturated rings. The van der Waals surface area contributed by atoms with Gasteiger partial charge in [-0.05, 0) is 59.2 Å². The maximum atomic E-state index is 14.1. The molecule has 0 aromatic heterocycles. The van der Waals surface area contributed by atoms with E-state index in [-0.39, 0.29) is 18.0 Å². The van der Waals surface area contributed by atoms with E-state index in [0.717, 1.165) is 11.6 Å². The zero-order chi connectivity index (χ0) is 24.8. The summed E-state index contributed by atoms with van der Waals surface area (Å²) in [5, 5.41) is 10.3. The van der Waals surface area contributed by atoms with Gasteiger partial charge in [0.05, 0.1) is 5.56 Å². The van der Waals surface area contributed by atoms with Crippen LogP contribution in [0.2, 0.25) is 0 Å². The lowest BCUT2D eigenvalue weighted by Crippen LogP contribution is -2.15. The molecule has 0 atom stereocenters. The SMILES string of the molecule is N=C(N)c1ccc(NC(=O)c2ccccc2-c2ccc(F)cc2C(=O)OCc2ccccc2)cc1. The van der Waals surface area contributed by atoms with Crippen LogP contribution in [0.25, 0.3) is 11.1 Å². The van der Waals surface area contributed by atoms with Gasteiger partial charge in [0.1, 0.15) is 18.3 Å². The molecule has 0 saturated heterocycles. The molecule has 0 aliphatic rings. The summed E-state index contributed by atoms with van der Waals surface area (Å²) in [6.45, 7) is 0.0357. The number of rotatable bonds is 7. The van der Waals surface area contributed by atoms with E-state index in [1.807, 2.05) is 30.3 Å². The van der Waals surface area contributed by atoms with E-state index >= 15 is 0 Å². The van der Waals surface area contributed by atoms with Gasteiger partial charge in [0.15, 0.2) is 0 Å². The zero-order valence-electron chi connectivity index (χ0n) is 18.6. The second-order valence-corrected chi connectivity index (χ2v) is 7.74. The fraction of sp³-hybridized carbons (Fsp3) is 0.0357. The van der Waals surface area contributed by atoms with E-state index in [1.54, 1.807) is 48.5 Å². The largest absolute Gasteiger partial charge is 0.457 e. The molecule has 4 aromatic rings. The van der Waals surface area contributed by atoms with Gasteiger partial charge in [-0.3, -0.25) is 10.2 Å². The lowest BCUT2D eigenvalue weighted by molar-refractivity contribution is 0.0473. The predicted octanol–water partition coefficient (Wildman–Crippen LogP) is 5.39. The van der Waals surface area contributed by atoms with E-state index < -0.39 is 17.7 Å². The third-order valence-electron chi connectivity index (χ3n) is 5.33. The molecule has 0 spiro atoms. The molecule has 1 amide bonds. The molecule has 6 nitrogen and oxygen atoms in total. The molecule has 7 heteroatoms. The minimum atomic E-state index is -0.696. The lowest BCUT2D eigenvalue weighted by atomic mass is 9.94. The normalized spacial score (nSPS) is 10.4. The molecule has 0 radical (unpaired) electrons. The first-order valence-corrected chi connectivity index (χ1v) is 10.8. The predicted molar refractivity (Wildman–Crippen MR) is 133 cm³/mol. The number of anilines is 1. The standard InChI is InChI=1S/C28H22FN3O3/c29-20-12-15-23(25(16-20)28(34)35-17-18-6-2-1-3-7-18)22-8-4-5-9-24(22)27(33)32-21-13-10-19(11-14-21)26(30)31/h1-16H,17H2,(H3,30,31)(H,32,33). The molecule has 4 aromatic carbocycles. The number of ether oxygens (including phenoxy) is 1. The van der Waals surface area contributed by atoms with Crippen molar-refractivity contribution in [2.45, 2.75) is 6.61 Å². The fourth-order valence-electron chi connectivity index (χ4n) is 3.57. The van der Waals surface area contributed by atoms with Crippen molar-refractivity contribution in [1.29, 1.82) is 5.41 Å². The second kappa shape index (κ2) is 10.4. The Morgan fingerprint density at radius 2 is 1.49 bits per heavy atom. The van der Waals surface area contributed by atoms with Crippen molar-refractivity contribution in [2.75, 3.05) is 5.32 Å². The van der Waals surface area contributed by atoms with Gasteiger partial charge in [0.25, 0.3) is 5.91 Å². The number of halogens is 1. The molecule has 0 aliphatic heterocycles. The topological polar surface area (TPSA) is 105 Å². The number of nitrogens with two attached hydrogens (primary N) is 1. The van der Waals surface area contributed by atoms with Crippen LogP contribution in [0.15, 0.2) is 97.1 Å². The number of benzene rings is 4. The van der Waals surface area contributed by atoms with E-state index in [0.29, 0.717) is 27.9 Å². The molecule has 0 saturated carbocycles. The number of carbonyl (C=O) groups excluding carboxylic acids is 2.